The minimum absolute atomic E-state index is 0.0694. The van der Waals surface area contributed by atoms with E-state index in [2.05, 4.69) is 9.97 Å². The molecule has 1 aromatic rings. The Balaban J connectivity index is 3.25. The zero-order chi connectivity index (χ0) is 7.56. The molecule has 0 aliphatic rings. The number of nitrogens with zero attached hydrogens (tertiary/aromatic N) is 3. The Labute approximate surface area is 59.1 Å². The minimum atomic E-state index is 0.0694. The van der Waals surface area contributed by atoms with Crippen LogP contribution in [-0.4, -0.2) is 17.8 Å². The van der Waals surface area contributed by atoms with Crippen LogP contribution in [0.4, 0.5) is 5.82 Å². The number of rotatable bonds is 0. The largest absolute Gasteiger partial charge is 0.381 e. The van der Waals surface area contributed by atoms with Crippen molar-refractivity contribution in [2.24, 2.45) is 0 Å². The molecule has 5 heteroatoms. The van der Waals surface area contributed by atoms with Crippen molar-refractivity contribution in [1.29, 1.82) is 5.26 Å². The monoisotopic (exact) mass is 130 g/mol. The maximum absolute atomic E-state index is 8.35. The van der Waals surface area contributed by atoms with Gasteiger partial charge < -0.3 is 5.73 Å². The topological polar surface area (TPSA) is 75.6 Å². The van der Waals surface area contributed by atoms with Crippen LogP contribution < -0.4 is 11.3 Å². The average Bonchev–Trinajstić information content (AvgIpc) is 1.94. The fourth-order valence-electron chi connectivity index (χ4n) is 0.494. The first-order valence-electron chi connectivity index (χ1n) is 2.52. The summed E-state index contributed by atoms with van der Waals surface area (Å²) >= 11 is 0. The molecule has 10 heavy (non-hydrogen) atoms. The van der Waals surface area contributed by atoms with Gasteiger partial charge in [-0.05, 0) is 0 Å². The lowest BCUT2D eigenvalue weighted by atomic mass is 10.1. The van der Waals surface area contributed by atoms with Gasteiger partial charge in [0.15, 0.2) is 11.5 Å². The van der Waals surface area contributed by atoms with E-state index in [1.807, 2.05) is 0 Å². The Hall–Kier alpha value is -1.57. The summed E-state index contributed by atoms with van der Waals surface area (Å²) in [5, 5.41) is 8.35. The molecule has 0 fully saturated rings. The second kappa shape index (κ2) is 2.35. The Morgan fingerprint density at radius 2 is 2.40 bits per heavy atom. The third kappa shape index (κ3) is 1.05. The maximum Gasteiger partial charge on any atom is 0.182 e. The van der Waals surface area contributed by atoms with Gasteiger partial charge in [-0.1, -0.05) is 0 Å². The van der Waals surface area contributed by atoms with E-state index in [0.717, 1.165) is 0 Å². The van der Waals surface area contributed by atoms with E-state index in [9.17, 15) is 0 Å². The van der Waals surface area contributed by atoms with E-state index in [0.29, 0.717) is 0 Å². The molecular weight excluding hydrogens is 127 g/mol. The van der Waals surface area contributed by atoms with Gasteiger partial charge in [0.25, 0.3) is 0 Å². The van der Waals surface area contributed by atoms with Gasteiger partial charge in [-0.25, -0.2) is 9.97 Å². The molecule has 0 spiro atoms. The second-order valence-electron chi connectivity index (χ2n) is 1.64. The molecule has 0 saturated heterocycles. The summed E-state index contributed by atoms with van der Waals surface area (Å²) in [6.07, 6.45) is 1.30. The first-order chi connectivity index (χ1) is 4.74. The molecule has 46 valence electrons. The average molecular weight is 130 g/mol. The molecule has 2 radical (unpaired) electrons. The Bertz CT molecular complexity index is 290. The van der Waals surface area contributed by atoms with E-state index >= 15 is 0 Å². The van der Waals surface area contributed by atoms with Gasteiger partial charge in [-0.2, -0.15) is 5.26 Å². The fraction of sp³-hybridized carbons (Fsp3) is 0. The molecule has 0 atom stereocenters. The molecule has 0 aliphatic carbocycles. The number of anilines is 1. The molecule has 0 aliphatic heterocycles. The zero-order valence-corrected chi connectivity index (χ0v) is 5.07. The summed E-state index contributed by atoms with van der Waals surface area (Å²) in [4.78, 5) is 7.24. The van der Waals surface area contributed by atoms with Crippen LogP contribution in [-0.2, 0) is 0 Å². The molecule has 1 heterocycles. The highest BCUT2D eigenvalue weighted by atomic mass is 14.9. The SMILES string of the molecule is [B]c1cnc(N)c(C#N)n1. The van der Waals surface area contributed by atoms with E-state index in [1.54, 1.807) is 6.07 Å². The van der Waals surface area contributed by atoms with Crippen molar-refractivity contribution >= 4 is 19.3 Å². The van der Waals surface area contributed by atoms with E-state index in [4.69, 9.17) is 18.8 Å². The van der Waals surface area contributed by atoms with Crippen LogP contribution in [0.5, 0.6) is 0 Å². The van der Waals surface area contributed by atoms with Crippen LogP contribution in [0.1, 0.15) is 5.69 Å². The molecule has 2 N–H and O–H groups in total. The molecular formula is C5H3BN4. The summed E-state index contributed by atoms with van der Waals surface area (Å²) in [5.74, 6) is 0.108. The predicted octanol–water partition coefficient (Wildman–Crippen LogP) is -1.28. The molecule has 0 bridgehead atoms. The molecule has 1 rings (SSSR count). The van der Waals surface area contributed by atoms with Gasteiger partial charge in [0, 0.05) is 11.8 Å². The number of hydrogen-bond acceptors (Lipinski definition) is 4. The van der Waals surface area contributed by atoms with Crippen LogP contribution in [0.3, 0.4) is 0 Å². The lowest BCUT2D eigenvalue weighted by molar-refractivity contribution is 1.21. The lowest BCUT2D eigenvalue weighted by Gasteiger charge is -1.94. The number of nitriles is 1. The van der Waals surface area contributed by atoms with Gasteiger partial charge in [0.05, 0.1) is 0 Å². The van der Waals surface area contributed by atoms with Crippen LogP contribution in [0.15, 0.2) is 6.20 Å². The fourth-order valence-corrected chi connectivity index (χ4v) is 0.494. The lowest BCUT2D eigenvalue weighted by Crippen LogP contribution is -2.12. The van der Waals surface area contributed by atoms with E-state index < -0.39 is 0 Å². The summed E-state index contributed by atoms with van der Waals surface area (Å²) in [5.41, 5.74) is 5.52. The van der Waals surface area contributed by atoms with Crippen LogP contribution in [0.2, 0.25) is 0 Å². The summed E-state index contributed by atoms with van der Waals surface area (Å²) in [6, 6.07) is 1.76. The second-order valence-corrected chi connectivity index (χ2v) is 1.64. The first-order valence-corrected chi connectivity index (χ1v) is 2.52. The standard InChI is InChI=1S/C5H3BN4/c6-4-2-9-5(8)3(1-7)10-4/h2H,(H2,8,9). The third-order valence-electron chi connectivity index (χ3n) is 0.925. The van der Waals surface area contributed by atoms with Crippen molar-refractivity contribution in [3.05, 3.63) is 11.9 Å². The van der Waals surface area contributed by atoms with Crippen molar-refractivity contribution in [2.75, 3.05) is 5.73 Å². The normalized spacial score (nSPS) is 8.70. The third-order valence-corrected chi connectivity index (χ3v) is 0.925. The molecule has 0 unspecified atom stereocenters. The summed E-state index contributed by atoms with van der Waals surface area (Å²) < 4.78 is 0. The number of aromatic nitrogens is 2. The Kier molecular flexibility index (Phi) is 1.54. The maximum atomic E-state index is 8.35. The smallest absolute Gasteiger partial charge is 0.182 e. The number of nitrogen functional groups attached to an aromatic ring is 1. The van der Waals surface area contributed by atoms with Crippen LogP contribution in [0.25, 0.3) is 0 Å². The van der Waals surface area contributed by atoms with Crippen LogP contribution in [0, 0.1) is 11.3 Å². The molecule has 1 aromatic heterocycles. The van der Waals surface area contributed by atoms with Crippen LogP contribution >= 0.6 is 0 Å². The Morgan fingerprint density at radius 3 is 2.90 bits per heavy atom. The summed E-state index contributed by atoms with van der Waals surface area (Å²) in [6.45, 7) is 0. The molecule has 0 aromatic carbocycles. The van der Waals surface area contributed by atoms with Gasteiger partial charge in [-0.15, -0.1) is 0 Å². The minimum Gasteiger partial charge on any atom is -0.381 e. The Morgan fingerprint density at radius 1 is 1.70 bits per heavy atom. The highest BCUT2D eigenvalue weighted by Gasteiger charge is 1.98. The van der Waals surface area contributed by atoms with Crippen molar-refractivity contribution in [3.63, 3.8) is 0 Å². The molecule has 0 amide bonds. The highest BCUT2D eigenvalue weighted by molar-refractivity contribution is 6.30. The van der Waals surface area contributed by atoms with E-state index in [-0.39, 0.29) is 17.1 Å². The quantitative estimate of drug-likeness (QED) is 0.444. The van der Waals surface area contributed by atoms with Crippen molar-refractivity contribution in [2.45, 2.75) is 0 Å². The first kappa shape index (κ1) is 6.55. The van der Waals surface area contributed by atoms with Crippen molar-refractivity contribution in [1.82, 2.24) is 9.97 Å². The molecule has 4 nitrogen and oxygen atoms in total. The molecule has 0 saturated carbocycles. The number of nitrogens with two attached hydrogens (primary N) is 1. The predicted molar refractivity (Wildman–Crippen MR) is 36.5 cm³/mol. The van der Waals surface area contributed by atoms with Gasteiger partial charge in [0.2, 0.25) is 0 Å². The highest BCUT2D eigenvalue weighted by Crippen LogP contribution is 1.96. The summed E-state index contributed by atoms with van der Waals surface area (Å²) in [7, 11) is 5.22. The van der Waals surface area contributed by atoms with Crippen molar-refractivity contribution < 1.29 is 0 Å². The van der Waals surface area contributed by atoms with E-state index in [1.165, 1.54) is 6.20 Å². The van der Waals surface area contributed by atoms with Crippen molar-refractivity contribution in [3.8, 4) is 6.07 Å². The van der Waals surface area contributed by atoms with Gasteiger partial charge in [-0.3, -0.25) is 0 Å². The van der Waals surface area contributed by atoms with Gasteiger partial charge in [0.1, 0.15) is 13.9 Å². The zero-order valence-electron chi connectivity index (χ0n) is 5.07. The number of hydrogen-bond donors (Lipinski definition) is 1. The van der Waals surface area contributed by atoms with Gasteiger partial charge >= 0.3 is 0 Å².